The quantitative estimate of drug-likeness (QED) is 0.622. The first-order chi connectivity index (χ1) is 12.6. The molecule has 0 saturated carbocycles. The SMILES string of the molecule is CNc1cc2nc3c(cnn13)C(=O)NCCOc1cc(c(C)cc1C)N2. The van der Waals surface area contributed by atoms with Gasteiger partial charge in [-0.2, -0.15) is 9.61 Å². The molecular formula is C18H20N6O2. The van der Waals surface area contributed by atoms with Gasteiger partial charge in [0.2, 0.25) is 0 Å². The second kappa shape index (κ2) is 6.21. The highest BCUT2D eigenvalue weighted by atomic mass is 16.5. The van der Waals surface area contributed by atoms with Gasteiger partial charge in [-0.25, -0.2) is 4.98 Å². The molecule has 0 fully saturated rings. The number of carbonyl (C=O) groups is 1. The van der Waals surface area contributed by atoms with Crippen LogP contribution in [0.1, 0.15) is 21.5 Å². The minimum absolute atomic E-state index is 0.228. The number of carbonyl (C=O) groups excluding carboxylic acids is 1. The Kier molecular flexibility index (Phi) is 3.87. The summed E-state index contributed by atoms with van der Waals surface area (Å²) in [4.78, 5) is 17.1. The zero-order valence-corrected chi connectivity index (χ0v) is 14.9. The van der Waals surface area contributed by atoms with E-state index in [1.165, 1.54) is 6.20 Å². The molecule has 0 spiro atoms. The van der Waals surface area contributed by atoms with E-state index in [9.17, 15) is 4.79 Å². The normalized spacial score (nSPS) is 13.9. The predicted molar refractivity (Wildman–Crippen MR) is 99.6 cm³/mol. The zero-order chi connectivity index (χ0) is 18.3. The monoisotopic (exact) mass is 352 g/mol. The van der Waals surface area contributed by atoms with Crippen molar-refractivity contribution in [2.24, 2.45) is 0 Å². The number of ether oxygens (including phenoxy) is 1. The Hall–Kier alpha value is -3.29. The molecule has 4 bridgehead atoms. The molecule has 0 aliphatic carbocycles. The second-order valence-electron chi connectivity index (χ2n) is 6.23. The summed E-state index contributed by atoms with van der Waals surface area (Å²) in [5.41, 5.74) is 3.95. The average Bonchev–Trinajstić information content (AvgIpc) is 3.04. The first kappa shape index (κ1) is 16.2. The van der Waals surface area contributed by atoms with Crippen LogP contribution in [0.3, 0.4) is 0 Å². The summed E-state index contributed by atoms with van der Waals surface area (Å²) in [6.45, 7) is 4.81. The minimum atomic E-state index is -0.228. The number of hydrogen-bond acceptors (Lipinski definition) is 6. The number of rotatable bonds is 1. The number of amides is 1. The van der Waals surface area contributed by atoms with Crippen molar-refractivity contribution in [3.63, 3.8) is 0 Å². The van der Waals surface area contributed by atoms with Gasteiger partial charge in [0.05, 0.1) is 12.7 Å². The zero-order valence-electron chi connectivity index (χ0n) is 14.9. The topological polar surface area (TPSA) is 92.6 Å². The van der Waals surface area contributed by atoms with Gasteiger partial charge in [0, 0.05) is 24.9 Å². The van der Waals surface area contributed by atoms with Crippen molar-refractivity contribution in [1.29, 1.82) is 0 Å². The Morgan fingerprint density at radius 2 is 2.08 bits per heavy atom. The van der Waals surface area contributed by atoms with Gasteiger partial charge in [0.1, 0.15) is 29.6 Å². The lowest BCUT2D eigenvalue weighted by Crippen LogP contribution is -2.28. The Balaban J connectivity index is 1.91. The molecule has 1 amide bonds. The van der Waals surface area contributed by atoms with Crippen LogP contribution < -0.4 is 20.7 Å². The van der Waals surface area contributed by atoms with Crippen molar-refractivity contribution in [1.82, 2.24) is 19.9 Å². The summed E-state index contributed by atoms with van der Waals surface area (Å²) in [5, 5.41) is 13.6. The fourth-order valence-electron chi connectivity index (χ4n) is 3.05. The molecule has 0 saturated heterocycles. The van der Waals surface area contributed by atoms with Crippen LogP contribution in [-0.2, 0) is 0 Å². The van der Waals surface area contributed by atoms with Gasteiger partial charge in [-0.15, -0.1) is 0 Å². The molecule has 0 atom stereocenters. The molecule has 134 valence electrons. The maximum absolute atomic E-state index is 12.5. The van der Waals surface area contributed by atoms with Gasteiger partial charge in [-0.1, -0.05) is 6.07 Å². The van der Waals surface area contributed by atoms with E-state index in [4.69, 9.17) is 4.74 Å². The maximum atomic E-state index is 12.5. The van der Waals surface area contributed by atoms with Gasteiger partial charge in [0.15, 0.2) is 5.65 Å². The van der Waals surface area contributed by atoms with Crippen molar-refractivity contribution < 1.29 is 9.53 Å². The van der Waals surface area contributed by atoms with Crippen LogP contribution in [0.2, 0.25) is 0 Å². The van der Waals surface area contributed by atoms with Crippen molar-refractivity contribution in [2.75, 3.05) is 30.8 Å². The largest absolute Gasteiger partial charge is 0.491 e. The van der Waals surface area contributed by atoms with E-state index >= 15 is 0 Å². The van der Waals surface area contributed by atoms with Gasteiger partial charge >= 0.3 is 0 Å². The van der Waals surface area contributed by atoms with Crippen LogP contribution in [0.5, 0.6) is 5.75 Å². The van der Waals surface area contributed by atoms with E-state index in [-0.39, 0.29) is 5.91 Å². The number of fused-ring (bicyclic) bond motifs is 3. The molecule has 4 rings (SSSR count). The lowest BCUT2D eigenvalue weighted by atomic mass is 10.1. The number of aromatic nitrogens is 3. The van der Waals surface area contributed by atoms with Crippen LogP contribution in [-0.4, -0.2) is 40.7 Å². The van der Waals surface area contributed by atoms with E-state index in [0.29, 0.717) is 30.2 Å². The number of nitrogens with one attached hydrogen (secondary N) is 3. The lowest BCUT2D eigenvalue weighted by Gasteiger charge is -2.15. The van der Waals surface area contributed by atoms with E-state index in [2.05, 4.69) is 32.1 Å². The molecule has 3 heterocycles. The first-order valence-electron chi connectivity index (χ1n) is 8.42. The molecule has 0 radical (unpaired) electrons. The van der Waals surface area contributed by atoms with Gasteiger partial charge in [0.25, 0.3) is 5.91 Å². The summed E-state index contributed by atoms with van der Waals surface area (Å²) in [6.07, 6.45) is 1.53. The van der Waals surface area contributed by atoms with Gasteiger partial charge in [-0.3, -0.25) is 4.79 Å². The number of anilines is 3. The molecule has 8 heteroatoms. The van der Waals surface area contributed by atoms with Crippen molar-refractivity contribution in [3.8, 4) is 5.75 Å². The summed E-state index contributed by atoms with van der Waals surface area (Å²) < 4.78 is 7.46. The minimum Gasteiger partial charge on any atom is -0.491 e. The fourth-order valence-corrected chi connectivity index (χ4v) is 3.05. The Labute approximate surface area is 150 Å². The summed E-state index contributed by atoms with van der Waals surface area (Å²) >= 11 is 0. The maximum Gasteiger partial charge on any atom is 0.256 e. The summed E-state index contributed by atoms with van der Waals surface area (Å²) in [5.74, 6) is 1.90. The number of aryl methyl sites for hydroxylation is 2. The summed E-state index contributed by atoms with van der Waals surface area (Å²) in [6, 6.07) is 5.88. The third-order valence-electron chi connectivity index (χ3n) is 4.40. The van der Waals surface area contributed by atoms with Crippen LogP contribution in [0, 0.1) is 13.8 Å². The standard InChI is InChI=1S/C18H20N6O2/c1-10-6-11(2)14-7-13(10)22-15-8-16(19-3)24-17(23-15)12(9-21-24)18(25)20-4-5-26-14/h6-9,19H,4-5H2,1-3H3,(H,20,25)(H,22,23). The smallest absolute Gasteiger partial charge is 0.256 e. The highest BCUT2D eigenvalue weighted by Crippen LogP contribution is 2.30. The Bertz CT molecular complexity index is 1010. The molecule has 0 unspecified atom stereocenters. The van der Waals surface area contributed by atoms with Crippen molar-refractivity contribution in [2.45, 2.75) is 13.8 Å². The van der Waals surface area contributed by atoms with E-state index in [1.807, 2.05) is 26.0 Å². The van der Waals surface area contributed by atoms with Crippen LogP contribution >= 0.6 is 0 Å². The molecule has 8 nitrogen and oxygen atoms in total. The second-order valence-corrected chi connectivity index (χ2v) is 6.23. The summed E-state index contributed by atoms with van der Waals surface area (Å²) in [7, 11) is 1.80. The molecular weight excluding hydrogens is 332 g/mol. The molecule has 2 aromatic heterocycles. The Morgan fingerprint density at radius 3 is 2.88 bits per heavy atom. The average molecular weight is 352 g/mol. The van der Waals surface area contributed by atoms with E-state index in [1.54, 1.807) is 11.6 Å². The third-order valence-corrected chi connectivity index (χ3v) is 4.40. The van der Waals surface area contributed by atoms with Crippen molar-refractivity contribution >= 4 is 28.9 Å². The van der Waals surface area contributed by atoms with Crippen LogP contribution in [0.25, 0.3) is 5.65 Å². The molecule has 1 aromatic carbocycles. The Morgan fingerprint density at radius 1 is 1.23 bits per heavy atom. The van der Waals surface area contributed by atoms with Crippen LogP contribution in [0.15, 0.2) is 24.4 Å². The third kappa shape index (κ3) is 2.69. The number of hydrogen-bond donors (Lipinski definition) is 3. The van der Waals surface area contributed by atoms with Gasteiger partial charge in [-0.05, 0) is 25.0 Å². The highest BCUT2D eigenvalue weighted by Gasteiger charge is 2.18. The van der Waals surface area contributed by atoms with E-state index in [0.717, 1.165) is 28.4 Å². The van der Waals surface area contributed by atoms with Crippen LogP contribution in [0.4, 0.5) is 17.3 Å². The highest BCUT2D eigenvalue weighted by molar-refractivity contribution is 6.00. The number of nitrogens with zero attached hydrogens (tertiary/aromatic N) is 3. The molecule has 26 heavy (non-hydrogen) atoms. The first-order valence-corrected chi connectivity index (χ1v) is 8.42. The van der Waals surface area contributed by atoms with Crippen molar-refractivity contribution in [3.05, 3.63) is 41.1 Å². The predicted octanol–water partition coefficient (Wildman–Crippen LogP) is 2.25. The molecule has 3 N–H and O–H groups in total. The fraction of sp³-hybridized carbons (Fsp3) is 0.278. The van der Waals surface area contributed by atoms with Gasteiger partial charge < -0.3 is 20.7 Å². The number of benzene rings is 1. The molecule has 1 aliphatic heterocycles. The van der Waals surface area contributed by atoms with E-state index < -0.39 is 0 Å². The lowest BCUT2D eigenvalue weighted by molar-refractivity contribution is 0.0948. The molecule has 1 aliphatic rings. The molecule has 3 aromatic rings.